The van der Waals surface area contributed by atoms with E-state index in [0.717, 1.165) is 41.1 Å². The average Bonchev–Trinajstić information content (AvgIpc) is 3.08. The van der Waals surface area contributed by atoms with Crippen molar-refractivity contribution < 1.29 is 9.53 Å². The second-order valence-corrected chi connectivity index (χ2v) is 6.96. The third-order valence-electron chi connectivity index (χ3n) is 5.06. The molecule has 1 heterocycles. The van der Waals surface area contributed by atoms with Crippen LogP contribution in [0.5, 0.6) is 5.75 Å². The van der Waals surface area contributed by atoms with E-state index in [4.69, 9.17) is 9.72 Å². The van der Waals surface area contributed by atoms with Gasteiger partial charge in [-0.2, -0.15) is 0 Å². The Labute approximate surface area is 170 Å². The Balaban J connectivity index is 1.50. The van der Waals surface area contributed by atoms with Crippen LogP contribution in [0.3, 0.4) is 0 Å². The summed E-state index contributed by atoms with van der Waals surface area (Å²) in [7, 11) is 3.64. The number of fused-ring (bicyclic) bond motifs is 1. The number of nitrogens with zero attached hydrogens (tertiary/aromatic N) is 2. The predicted octanol–water partition coefficient (Wildman–Crippen LogP) is 4.62. The number of hydrogen-bond acceptors (Lipinski definition) is 3. The highest BCUT2D eigenvalue weighted by molar-refractivity contribution is 6.05. The second-order valence-electron chi connectivity index (χ2n) is 6.96. The fourth-order valence-corrected chi connectivity index (χ4v) is 3.40. The summed E-state index contributed by atoms with van der Waals surface area (Å²) in [6.07, 6.45) is 1.81. The van der Waals surface area contributed by atoms with Crippen LogP contribution >= 0.6 is 0 Å². The van der Waals surface area contributed by atoms with Crippen LogP contribution in [-0.2, 0) is 19.9 Å². The van der Waals surface area contributed by atoms with Crippen molar-refractivity contribution in [1.29, 1.82) is 0 Å². The fourth-order valence-electron chi connectivity index (χ4n) is 3.40. The summed E-state index contributed by atoms with van der Waals surface area (Å²) in [6, 6.07) is 23.3. The van der Waals surface area contributed by atoms with Gasteiger partial charge in [0.05, 0.1) is 18.1 Å². The standard InChI is InChI=1S/C24H23N3O2/c1-27-22-14-11-19(25-24(28)18-9-12-20(29-2)13-10-18)16-21(22)26-23(27)15-8-17-6-4-3-5-7-17/h3-7,9-14,16H,8,15H2,1-2H3,(H,25,28). The van der Waals surface area contributed by atoms with Gasteiger partial charge in [-0.25, -0.2) is 4.98 Å². The van der Waals surface area contributed by atoms with Gasteiger partial charge in [0.1, 0.15) is 11.6 Å². The van der Waals surface area contributed by atoms with E-state index in [9.17, 15) is 4.79 Å². The average molecular weight is 385 g/mol. The summed E-state index contributed by atoms with van der Waals surface area (Å²) in [5, 5.41) is 2.95. The second kappa shape index (κ2) is 8.19. The number of nitrogens with one attached hydrogen (secondary N) is 1. The van der Waals surface area contributed by atoms with Gasteiger partial charge < -0.3 is 14.6 Å². The molecular weight excluding hydrogens is 362 g/mol. The molecule has 0 atom stereocenters. The van der Waals surface area contributed by atoms with Crippen molar-refractivity contribution >= 4 is 22.6 Å². The molecule has 3 aromatic carbocycles. The lowest BCUT2D eigenvalue weighted by Crippen LogP contribution is -2.11. The van der Waals surface area contributed by atoms with Crippen molar-refractivity contribution in [3.05, 3.63) is 89.7 Å². The maximum Gasteiger partial charge on any atom is 0.255 e. The maximum absolute atomic E-state index is 12.5. The van der Waals surface area contributed by atoms with Crippen molar-refractivity contribution in [3.63, 3.8) is 0 Å². The number of aromatic nitrogens is 2. The number of amides is 1. The van der Waals surface area contributed by atoms with Gasteiger partial charge in [-0.3, -0.25) is 4.79 Å². The molecule has 0 unspecified atom stereocenters. The van der Waals surface area contributed by atoms with Crippen LogP contribution in [0.15, 0.2) is 72.8 Å². The molecule has 5 nitrogen and oxygen atoms in total. The first-order valence-corrected chi connectivity index (χ1v) is 9.59. The number of methoxy groups -OCH3 is 1. The van der Waals surface area contributed by atoms with Crippen LogP contribution in [0, 0.1) is 0 Å². The molecule has 29 heavy (non-hydrogen) atoms. The lowest BCUT2D eigenvalue weighted by Gasteiger charge is -2.06. The zero-order chi connectivity index (χ0) is 20.2. The number of carbonyl (C=O) groups excluding carboxylic acids is 1. The number of imidazole rings is 1. The largest absolute Gasteiger partial charge is 0.497 e. The lowest BCUT2D eigenvalue weighted by molar-refractivity contribution is 0.102. The normalized spacial score (nSPS) is 10.8. The molecule has 0 fully saturated rings. The minimum Gasteiger partial charge on any atom is -0.497 e. The fraction of sp³-hybridized carbons (Fsp3) is 0.167. The summed E-state index contributed by atoms with van der Waals surface area (Å²) in [5.41, 5.74) is 4.53. The molecule has 0 radical (unpaired) electrons. The molecular formula is C24H23N3O2. The molecule has 0 bridgehead atoms. The van der Waals surface area contributed by atoms with Crippen LogP contribution in [0.2, 0.25) is 0 Å². The molecule has 0 aliphatic heterocycles. The lowest BCUT2D eigenvalue weighted by atomic mass is 10.1. The molecule has 1 N–H and O–H groups in total. The monoisotopic (exact) mass is 385 g/mol. The quantitative estimate of drug-likeness (QED) is 0.527. The number of ether oxygens (including phenoxy) is 1. The van der Waals surface area contributed by atoms with Crippen molar-refractivity contribution in [2.24, 2.45) is 7.05 Å². The number of anilines is 1. The summed E-state index contributed by atoms with van der Waals surface area (Å²) >= 11 is 0. The predicted molar refractivity (Wildman–Crippen MR) is 116 cm³/mol. The molecule has 0 saturated heterocycles. The highest BCUT2D eigenvalue weighted by Gasteiger charge is 2.11. The van der Waals surface area contributed by atoms with E-state index in [1.54, 1.807) is 31.4 Å². The highest BCUT2D eigenvalue weighted by atomic mass is 16.5. The zero-order valence-electron chi connectivity index (χ0n) is 16.6. The summed E-state index contributed by atoms with van der Waals surface area (Å²) in [4.78, 5) is 17.3. The van der Waals surface area contributed by atoms with Crippen LogP contribution in [0.25, 0.3) is 11.0 Å². The van der Waals surface area contributed by atoms with E-state index in [2.05, 4.69) is 34.1 Å². The number of benzene rings is 3. The number of hydrogen-bond donors (Lipinski definition) is 1. The van der Waals surface area contributed by atoms with Crippen molar-refractivity contribution in [1.82, 2.24) is 9.55 Å². The van der Waals surface area contributed by atoms with Crippen molar-refractivity contribution in [2.45, 2.75) is 12.8 Å². The van der Waals surface area contributed by atoms with E-state index >= 15 is 0 Å². The Morgan fingerprint density at radius 1 is 1.00 bits per heavy atom. The first kappa shape index (κ1) is 18.7. The molecule has 1 aromatic heterocycles. The van der Waals surface area contributed by atoms with E-state index in [1.807, 2.05) is 31.3 Å². The highest BCUT2D eigenvalue weighted by Crippen LogP contribution is 2.21. The van der Waals surface area contributed by atoms with E-state index in [1.165, 1.54) is 5.56 Å². The third kappa shape index (κ3) is 4.14. The molecule has 4 rings (SSSR count). The van der Waals surface area contributed by atoms with Gasteiger partial charge in [-0.05, 0) is 54.4 Å². The van der Waals surface area contributed by atoms with Crippen molar-refractivity contribution in [2.75, 3.05) is 12.4 Å². The zero-order valence-corrected chi connectivity index (χ0v) is 16.6. The number of aryl methyl sites for hydroxylation is 3. The van der Waals surface area contributed by atoms with Gasteiger partial charge >= 0.3 is 0 Å². The first-order valence-electron chi connectivity index (χ1n) is 9.59. The van der Waals surface area contributed by atoms with Crippen LogP contribution < -0.4 is 10.1 Å². The van der Waals surface area contributed by atoms with Crippen molar-refractivity contribution in [3.8, 4) is 5.75 Å². The topological polar surface area (TPSA) is 56.1 Å². The molecule has 0 saturated carbocycles. The minimum atomic E-state index is -0.160. The van der Waals surface area contributed by atoms with Gasteiger partial charge in [0.15, 0.2) is 0 Å². The van der Waals surface area contributed by atoms with E-state index < -0.39 is 0 Å². The van der Waals surface area contributed by atoms with Gasteiger partial charge in [0.25, 0.3) is 5.91 Å². The van der Waals surface area contributed by atoms with E-state index in [-0.39, 0.29) is 5.91 Å². The van der Waals surface area contributed by atoms with Gasteiger partial charge in [0.2, 0.25) is 0 Å². The Bertz CT molecular complexity index is 1130. The maximum atomic E-state index is 12.5. The SMILES string of the molecule is COc1ccc(C(=O)Nc2ccc3c(c2)nc(CCc2ccccc2)n3C)cc1. The number of carbonyl (C=O) groups is 1. The molecule has 0 aliphatic rings. The van der Waals surface area contributed by atoms with Gasteiger partial charge in [-0.15, -0.1) is 0 Å². The summed E-state index contributed by atoms with van der Waals surface area (Å²) in [6.45, 7) is 0. The third-order valence-corrected chi connectivity index (χ3v) is 5.06. The molecule has 4 aromatic rings. The van der Waals surface area contributed by atoms with Gasteiger partial charge in [-0.1, -0.05) is 30.3 Å². The number of rotatable bonds is 6. The summed E-state index contributed by atoms with van der Waals surface area (Å²) < 4.78 is 7.25. The Hall–Kier alpha value is -3.60. The molecule has 0 spiro atoms. The minimum absolute atomic E-state index is 0.160. The molecule has 1 amide bonds. The Morgan fingerprint density at radius 3 is 2.48 bits per heavy atom. The molecule has 5 heteroatoms. The van der Waals surface area contributed by atoms with Crippen LogP contribution in [-0.4, -0.2) is 22.6 Å². The Morgan fingerprint density at radius 2 is 1.76 bits per heavy atom. The summed E-state index contributed by atoms with van der Waals surface area (Å²) in [5.74, 6) is 1.59. The smallest absolute Gasteiger partial charge is 0.255 e. The van der Waals surface area contributed by atoms with Crippen LogP contribution in [0.1, 0.15) is 21.7 Å². The molecule has 0 aliphatic carbocycles. The van der Waals surface area contributed by atoms with Gasteiger partial charge in [0, 0.05) is 24.7 Å². The Kier molecular flexibility index (Phi) is 5.29. The van der Waals surface area contributed by atoms with E-state index in [0.29, 0.717) is 5.56 Å². The first-order chi connectivity index (χ1) is 14.1. The van der Waals surface area contributed by atoms with Crippen LogP contribution in [0.4, 0.5) is 5.69 Å². The molecule has 146 valence electrons.